The van der Waals surface area contributed by atoms with Crippen LogP contribution in [0.5, 0.6) is 0 Å². The molecule has 1 saturated heterocycles. The lowest BCUT2D eigenvalue weighted by Crippen LogP contribution is -2.35. The van der Waals surface area contributed by atoms with Crippen LogP contribution in [0.3, 0.4) is 0 Å². The third kappa shape index (κ3) is 5.26. The lowest BCUT2D eigenvalue weighted by molar-refractivity contribution is 0.0761. The summed E-state index contributed by atoms with van der Waals surface area (Å²) in [6.07, 6.45) is 2.67. The molecule has 1 aliphatic rings. The minimum Gasteiger partial charge on any atom is -0.337 e. The van der Waals surface area contributed by atoms with Gasteiger partial charge in [-0.1, -0.05) is 42.5 Å². The van der Waals surface area contributed by atoms with E-state index in [4.69, 9.17) is 0 Å². The maximum Gasteiger partial charge on any atom is 0.253 e. The highest BCUT2D eigenvalue weighted by Crippen LogP contribution is 2.14. The lowest BCUT2D eigenvalue weighted by atomic mass is 10.1. The SMILES string of the molecule is CS(=O)Cc1cccc(C(=O)N2CCCN(Cc3ccccc3)CC2)c1. The van der Waals surface area contributed by atoms with E-state index >= 15 is 0 Å². The van der Waals surface area contributed by atoms with Crippen LogP contribution in [0.2, 0.25) is 0 Å². The van der Waals surface area contributed by atoms with Gasteiger partial charge in [0.15, 0.2) is 0 Å². The van der Waals surface area contributed by atoms with Crippen LogP contribution in [0.1, 0.15) is 27.9 Å². The van der Waals surface area contributed by atoms with Crippen LogP contribution in [0.15, 0.2) is 54.6 Å². The van der Waals surface area contributed by atoms with Crippen molar-refractivity contribution >= 4 is 16.7 Å². The van der Waals surface area contributed by atoms with E-state index in [2.05, 4.69) is 29.2 Å². The Morgan fingerprint density at radius 2 is 1.73 bits per heavy atom. The monoisotopic (exact) mass is 370 g/mol. The fourth-order valence-corrected chi connectivity index (χ4v) is 4.03. The number of hydrogen-bond acceptors (Lipinski definition) is 3. The number of amides is 1. The minimum atomic E-state index is -0.901. The molecule has 26 heavy (non-hydrogen) atoms. The van der Waals surface area contributed by atoms with Gasteiger partial charge in [0.25, 0.3) is 5.91 Å². The molecule has 2 aromatic carbocycles. The Hall–Kier alpha value is -1.98. The summed E-state index contributed by atoms with van der Waals surface area (Å²) in [4.78, 5) is 17.3. The van der Waals surface area contributed by atoms with Gasteiger partial charge in [0.1, 0.15) is 0 Å². The molecule has 1 aliphatic heterocycles. The summed E-state index contributed by atoms with van der Waals surface area (Å²) in [6.45, 7) is 4.36. The second kappa shape index (κ2) is 9.10. The Morgan fingerprint density at radius 3 is 2.50 bits per heavy atom. The van der Waals surface area contributed by atoms with Crippen LogP contribution in [-0.2, 0) is 23.1 Å². The van der Waals surface area contributed by atoms with Gasteiger partial charge in [0.2, 0.25) is 0 Å². The standard InChI is InChI=1S/C21H26N2O2S/c1-26(25)17-19-9-5-10-20(15-19)21(24)23-12-6-11-22(13-14-23)16-18-7-3-2-4-8-18/h2-5,7-10,15H,6,11-14,16-17H2,1H3. The van der Waals surface area contributed by atoms with Crippen molar-refractivity contribution in [1.29, 1.82) is 0 Å². The van der Waals surface area contributed by atoms with Crippen LogP contribution in [0.4, 0.5) is 0 Å². The molecular weight excluding hydrogens is 344 g/mol. The summed E-state index contributed by atoms with van der Waals surface area (Å²) in [7, 11) is -0.901. The highest BCUT2D eigenvalue weighted by atomic mass is 32.2. The van der Waals surface area contributed by atoms with Gasteiger partial charge in [0, 0.05) is 61.1 Å². The molecule has 1 heterocycles. The summed E-state index contributed by atoms with van der Waals surface area (Å²) < 4.78 is 11.4. The van der Waals surface area contributed by atoms with Crippen LogP contribution in [0, 0.1) is 0 Å². The molecule has 1 fully saturated rings. The highest BCUT2D eigenvalue weighted by Gasteiger charge is 2.20. The van der Waals surface area contributed by atoms with Crippen LogP contribution < -0.4 is 0 Å². The molecule has 138 valence electrons. The van der Waals surface area contributed by atoms with Crippen molar-refractivity contribution in [3.63, 3.8) is 0 Å². The first-order valence-electron chi connectivity index (χ1n) is 9.06. The Bertz CT molecular complexity index is 764. The van der Waals surface area contributed by atoms with Crippen molar-refractivity contribution in [2.75, 3.05) is 32.4 Å². The van der Waals surface area contributed by atoms with Crippen molar-refractivity contribution < 1.29 is 9.00 Å². The minimum absolute atomic E-state index is 0.0790. The molecular formula is C21H26N2O2S. The number of carbonyl (C=O) groups is 1. The maximum atomic E-state index is 12.9. The number of carbonyl (C=O) groups excluding carboxylic acids is 1. The summed E-state index contributed by atoms with van der Waals surface area (Å²) in [6, 6.07) is 18.0. The van der Waals surface area contributed by atoms with Crippen LogP contribution in [-0.4, -0.2) is 52.4 Å². The zero-order valence-corrected chi connectivity index (χ0v) is 16.1. The second-order valence-electron chi connectivity index (χ2n) is 6.83. The molecule has 0 radical (unpaired) electrons. The average Bonchev–Trinajstić information content (AvgIpc) is 2.87. The molecule has 1 unspecified atom stereocenters. The first-order chi connectivity index (χ1) is 12.6. The van der Waals surface area contributed by atoms with Crippen molar-refractivity contribution in [1.82, 2.24) is 9.80 Å². The van der Waals surface area contributed by atoms with E-state index in [1.54, 1.807) is 6.26 Å². The van der Waals surface area contributed by atoms with Crippen LogP contribution in [0.25, 0.3) is 0 Å². The Labute approximate surface area is 158 Å². The Balaban J connectivity index is 1.61. The second-order valence-corrected chi connectivity index (χ2v) is 8.26. The molecule has 3 rings (SSSR count). The fourth-order valence-electron chi connectivity index (χ4n) is 3.39. The molecule has 2 aromatic rings. The topological polar surface area (TPSA) is 40.6 Å². The van der Waals surface area contributed by atoms with Gasteiger partial charge in [-0.05, 0) is 29.7 Å². The van der Waals surface area contributed by atoms with Gasteiger partial charge in [-0.15, -0.1) is 0 Å². The molecule has 0 bridgehead atoms. The van der Waals surface area contributed by atoms with Gasteiger partial charge in [-0.2, -0.15) is 0 Å². The number of nitrogens with zero attached hydrogens (tertiary/aromatic N) is 2. The molecule has 4 nitrogen and oxygen atoms in total. The number of hydrogen-bond donors (Lipinski definition) is 0. The van der Waals surface area contributed by atoms with E-state index in [9.17, 15) is 9.00 Å². The maximum absolute atomic E-state index is 12.9. The van der Waals surface area contributed by atoms with Crippen molar-refractivity contribution in [2.24, 2.45) is 0 Å². The highest BCUT2D eigenvalue weighted by molar-refractivity contribution is 7.83. The summed E-state index contributed by atoms with van der Waals surface area (Å²) in [5.41, 5.74) is 2.97. The number of benzene rings is 2. The zero-order valence-electron chi connectivity index (χ0n) is 15.3. The molecule has 5 heteroatoms. The quantitative estimate of drug-likeness (QED) is 0.813. The molecule has 0 N–H and O–H groups in total. The first-order valence-corrected chi connectivity index (χ1v) is 10.8. The fraction of sp³-hybridized carbons (Fsp3) is 0.381. The van der Waals surface area contributed by atoms with Crippen LogP contribution >= 0.6 is 0 Å². The van der Waals surface area contributed by atoms with Crippen molar-refractivity contribution in [2.45, 2.75) is 18.7 Å². The van der Waals surface area contributed by atoms with E-state index in [0.29, 0.717) is 11.3 Å². The first kappa shape index (κ1) is 18.8. The lowest BCUT2D eigenvalue weighted by Gasteiger charge is -2.22. The van der Waals surface area contributed by atoms with Gasteiger partial charge >= 0.3 is 0 Å². The molecule has 1 amide bonds. The zero-order chi connectivity index (χ0) is 18.4. The summed E-state index contributed by atoms with van der Waals surface area (Å²) in [5, 5.41) is 0. The van der Waals surface area contributed by atoms with E-state index < -0.39 is 10.8 Å². The van der Waals surface area contributed by atoms with Gasteiger partial charge in [-0.25, -0.2) is 0 Å². The largest absolute Gasteiger partial charge is 0.337 e. The summed E-state index contributed by atoms with van der Waals surface area (Å²) >= 11 is 0. The normalized spacial score (nSPS) is 16.9. The predicted octanol–water partition coefficient (Wildman–Crippen LogP) is 2.91. The van der Waals surface area contributed by atoms with Gasteiger partial charge in [0.05, 0.1) is 0 Å². The molecule has 0 aromatic heterocycles. The van der Waals surface area contributed by atoms with Crippen molar-refractivity contribution in [3.05, 3.63) is 71.3 Å². The molecule has 0 spiro atoms. The van der Waals surface area contributed by atoms with Gasteiger partial charge in [-0.3, -0.25) is 13.9 Å². The average molecular weight is 371 g/mol. The van der Waals surface area contributed by atoms with Gasteiger partial charge < -0.3 is 4.90 Å². The molecule has 0 saturated carbocycles. The number of rotatable bonds is 5. The summed E-state index contributed by atoms with van der Waals surface area (Å²) in [5.74, 6) is 0.571. The van der Waals surface area contributed by atoms with E-state index in [0.717, 1.165) is 44.7 Å². The molecule has 0 aliphatic carbocycles. The van der Waals surface area contributed by atoms with Crippen molar-refractivity contribution in [3.8, 4) is 0 Å². The molecule has 1 atom stereocenters. The van der Waals surface area contributed by atoms with E-state index in [-0.39, 0.29) is 5.91 Å². The predicted molar refractivity (Wildman–Crippen MR) is 106 cm³/mol. The smallest absolute Gasteiger partial charge is 0.253 e. The Kier molecular flexibility index (Phi) is 6.58. The third-order valence-electron chi connectivity index (χ3n) is 4.67. The van der Waals surface area contributed by atoms with E-state index in [1.807, 2.05) is 35.2 Å². The Morgan fingerprint density at radius 1 is 0.962 bits per heavy atom. The third-order valence-corrected chi connectivity index (χ3v) is 5.41. The van der Waals surface area contributed by atoms with E-state index in [1.165, 1.54) is 5.56 Å².